The van der Waals surface area contributed by atoms with Gasteiger partial charge in [0, 0.05) is 39.8 Å². The van der Waals surface area contributed by atoms with Gasteiger partial charge in [0.2, 0.25) is 0 Å². The van der Waals surface area contributed by atoms with E-state index in [0.29, 0.717) is 11.1 Å². The molecule has 1 aromatic carbocycles. The molecular formula is C23H24ClN3O2S. The molecule has 0 aliphatic carbocycles. The van der Waals surface area contributed by atoms with E-state index in [1.54, 1.807) is 11.3 Å². The highest BCUT2D eigenvalue weighted by atomic mass is 35.5. The first-order valence-electron chi connectivity index (χ1n) is 9.93. The number of benzene rings is 1. The molecule has 156 valence electrons. The van der Waals surface area contributed by atoms with Gasteiger partial charge in [-0.2, -0.15) is 0 Å². The fraction of sp³-hybridized carbons (Fsp3) is 0.304. The Morgan fingerprint density at radius 3 is 2.83 bits per heavy atom. The number of halogens is 1. The maximum absolute atomic E-state index is 13.1. The van der Waals surface area contributed by atoms with E-state index in [0.717, 1.165) is 45.6 Å². The zero-order valence-corrected chi connectivity index (χ0v) is 18.8. The maximum atomic E-state index is 13.1. The van der Waals surface area contributed by atoms with Crippen LogP contribution >= 0.6 is 23.1 Å². The van der Waals surface area contributed by atoms with E-state index in [1.807, 2.05) is 32.2 Å². The molecule has 0 bridgehead atoms. The Bertz CT molecular complexity index is 1180. The van der Waals surface area contributed by atoms with Crippen LogP contribution in [0.2, 0.25) is 0 Å². The number of aryl methyl sites for hydroxylation is 2. The average Bonchev–Trinajstić information content (AvgIpc) is 3.10. The summed E-state index contributed by atoms with van der Waals surface area (Å²) in [7, 11) is 0. The van der Waals surface area contributed by atoms with E-state index in [1.165, 1.54) is 16.7 Å². The molecule has 0 saturated heterocycles. The zero-order chi connectivity index (χ0) is 21.4. The Morgan fingerprint density at radius 2 is 2.07 bits per heavy atom. The van der Waals surface area contributed by atoms with Gasteiger partial charge in [0.05, 0.1) is 12.1 Å². The third-order valence-corrected chi connectivity index (χ3v) is 7.05. The van der Waals surface area contributed by atoms with Crippen molar-refractivity contribution >= 4 is 29.0 Å². The molecule has 30 heavy (non-hydrogen) atoms. The topological polar surface area (TPSA) is 65.2 Å². The number of nitrogens with one attached hydrogen (secondary N) is 2. The molecule has 3 aromatic rings. The van der Waals surface area contributed by atoms with E-state index in [9.17, 15) is 9.59 Å². The van der Waals surface area contributed by atoms with Crippen molar-refractivity contribution in [1.29, 1.82) is 0 Å². The molecule has 1 amide bonds. The predicted molar refractivity (Wildman–Crippen MR) is 122 cm³/mol. The van der Waals surface area contributed by atoms with Gasteiger partial charge < -0.3 is 10.3 Å². The number of fused-ring (bicyclic) bond motifs is 1. The number of carbonyl (C=O) groups excluding carboxylic acids is 1. The van der Waals surface area contributed by atoms with Crippen molar-refractivity contribution in [1.82, 2.24) is 14.7 Å². The Morgan fingerprint density at radius 1 is 1.27 bits per heavy atom. The number of hydrogen-bond acceptors (Lipinski definition) is 4. The van der Waals surface area contributed by atoms with Crippen LogP contribution in [0.15, 0.2) is 34.4 Å². The van der Waals surface area contributed by atoms with Crippen LogP contribution in [0.3, 0.4) is 0 Å². The molecule has 0 fully saturated rings. The summed E-state index contributed by atoms with van der Waals surface area (Å²) in [6.07, 6.45) is 0.975. The van der Waals surface area contributed by atoms with Crippen LogP contribution in [0.25, 0.3) is 10.4 Å². The van der Waals surface area contributed by atoms with Gasteiger partial charge in [-0.15, -0.1) is 11.3 Å². The maximum Gasteiger partial charge on any atom is 0.269 e. The van der Waals surface area contributed by atoms with Crippen LogP contribution in [-0.4, -0.2) is 21.9 Å². The van der Waals surface area contributed by atoms with E-state index >= 15 is 0 Å². The Labute approximate surface area is 184 Å². The second kappa shape index (κ2) is 8.38. The second-order valence-corrected chi connectivity index (χ2v) is 9.03. The first-order chi connectivity index (χ1) is 14.4. The summed E-state index contributed by atoms with van der Waals surface area (Å²) in [5, 5.41) is 5.28. The molecule has 5 nitrogen and oxygen atoms in total. The van der Waals surface area contributed by atoms with Crippen molar-refractivity contribution in [2.24, 2.45) is 0 Å². The molecule has 2 aromatic heterocycles. The molecule has 0 atom stereocenters. The smallest absolute Gasteiger partial charge is 0.269 e. The molecule has 0 saturated carbocycles. The van der Waals surface area contributed by atoms with Crippen molar-refractivity contribution in [2.75, 3.05) is 6.54 Å². The van der Waals surface area contributed by atoms with Crippen molar-refractivity contribution in [3.05, 3.63) is 79.1 Å². The number of nitrogens with zero attached hydrogens (tertiary/aromatic N) is 1. The zero-order valence-electron chi connectivity index (χ0n) is 17.3. The van der Waals surface area contributed by atoms with E-state index in [4.69, 9.17) is 11.8 Å². The quantitative estimate of drug-likeness (QED) is 0.587. The fourth-order valence-corrected chi connectivity index (χ4v) is 5.39. The van der Waals surface area contributed by atoms with Crippen LogP contribution in [0.1, 0.15) is 43.9 Å². The summed E-state index contributed by atoms with van der Waals surface area (Å²) in [5.41, 5.74) is 7.27. The van der Waals surface area contributed by atoms with Crippen LogP contribution in [0, 0.1) is 20.8 Å². The molecule has 0 spiro atoms. The Hall–Kier alpha value is -2.41. The van der Waals surface area contributed by atoms with Crippen LogP contribution in [0.5, 0.6) is 0 Å². The lowest BCUT2D eigenvalue weighted by molar-refractivity contribution is 0.0856. The third-order valence-electron chi connectivity index (χ3n) is 5.67. The molecule has 4 rings (SSSR count). The molecule has 3 heterocycles. The minimum atomic E-state index is -0.289. The normalized spacial score (nSPS) is 13.2. The highest BCUT2D eigenvalue weighted by molar-refractivity contribution is 7.14. The summed E-state index contributed by atoms with van der Waals surface area (Å²) in [4.78, 5) is 29.2. The van der Waals surface area contributed by atoms with Gasteiger partial charge in [0.15, 0.2) is 0 Å². The molecule has 1 aliphatic rings. The van der Waals surface area contributed by atoms with E-state index < -0.39 is 0 Å². The Kier molecular flexibility index (Phi) is 5.82. The SMILES string of the molecule is Cc1cc(C)c(CN(Cl)C(=O)c2csc(-c3cccc4c3CCNC4)c2C)c(=O)[nH]1. The van der Waals surface area contributed by atoms with Crippen molar-refractivity contribution in [3.8, 4) is 10.4 Å². The fourth-order valence-electron chi connectivity index (χ4n) is 4.06. The minimum Gasteiger partial charge on any atom is -0.326 e. The largest absolute Gasteiger partial charge is 0.326 e. The number of hydrogen-bond donors (Lipinski definition) is 2. The number of thiophene rings is 1. The molecule has 2 N–H and O–H groups in total. The highest BCUT2D eigenvalue weighted by Gasteiger charge is 2.23. The molecular weight excluding hydrogens is 418 g/mol. The standard InChI is InChI=1S/C23H24ClN3O2S/c1-13-9-14(2)26-22(28)19(13)11-27(24)23(29)20-12-30-21(15(20)3)18-6-4-5-16-10-25-8-7-17(16)18/h4-6,9,12,25H,7-8,10-11H2,1-3H3,(H,26,28). The summed E-state index contributed by atoms with van der Waals surface area (Å²) < 4.78 is 1.11. The van der Waals surface area contributed by atoms with Crippen molar-refractivity contribution in [2.45, 2.75) is 40.3 Å². The van der Waals surface area contributed by atoms with Gasteiger partial charge in [-0.05, 0) is 67.6 Å². The summed E-state index contributed by atoms with van der Waals surface area (Å²) in [6, 6.07) is 8.24. The lowest BCUT2D eigenvalue weighted by Crippen LogP contribution is -2.26. The number of aromatic amines is 1. The average molecular weight is 442 g/mol. The van der Waals surface area contributed by atoms with E-state index in [-0.39, 0.29) is 18.0 Å². The molecule has 7 heteroatoms. The molecule has 0 radical (unpaired) electrons. The third kappa shape index (κ3) is 3.83. The van der Waals surface area contributed by atoms with Gasteiger partial charge in [-0.25, -0.2) is 4.42 Å². The summed E-state index contributed by atoms with van der Waals surface area (Å²) in [5.74, 6) is -0.289. The number of aromatic nitrogens is 1. The van der Waals surface area contributed by atoms with Gasteiger partial charge in [-0.3, -0.25) is 9.59 Å². The van der Waals surface area contributed by atoms with E-state index in [2.05, 4.69) is 28.5 Å². The number of amides is 1. The molecule has 0 unspecified atom stereocenters. The lowest BCUT2D eigenvalue weighted by atomic mass is 9.93. The number of pyridine rings is 1. The second-order valence-electron chi connectivity index (χ2n) is 7.74. The van der Waals surface area contributed by atoms with Crippen LogP contribution < -0.4 is 10.9 Å². The monoisotopic (exact) mass is 441 g/mol. The first-order valence-corrected chi connectivity index (χ1v) is 11.2. The summed E-state index contributed by atoms with van der Waals surface area (Å²) >= 11 is 7.92. The lowest BCUT2D eigenvalue weighted by Gasteiger charge is -2.20. The van der Waals surface area contributed by atoms with Crippen LogP contribution in [-0.2, 0) is 19.5 Å². The van der Waals surface area contributed by atoms with Gasteiger partial charge >= 0.3 is 0 Å². The van der Waals surface area contributed by atoms with Crippen LogP contribution in [0.4, 0.5) is 0 Å². The Balaban J connectivity index is 1.63. The number of carbonyl (C=O) groups is 1. The minimum absolute atomic E-state index is 0.0544. The van der Waals surface area contributed by atoms with Gasteiger partial charge in [0.25, 0.3) is 11.5 Å². The molecule has 1 aliphatic heterocycles. The first kappa shape index (κ1) is 20.8. The summed E-state index contributed by atoms with van der Waals surface area (Å²) in [6.45, 7) is 7.54. The number of H-pyrrole nitrogens is 1. The highest BCUT2D eigenvalue weighted by Crippen LogP contribution is 2.37. The number of rotatable bonds is 4. The van der Waals surface area contributed by atoms with Gasteiger partial charge in [-0.1, -0.05) is 18.2 Å². The van der Waals surface area contributed by atoms with Crippen molar-refractivity contribution < 1.29 is 4.79 Å². The van der Waals surface area contributed by atoms with Gasteiger partial charge in [0.1, 0.15) is 0 Å². The van der Waals surface area contributed by atoms with Crippen molar-refractivity contribution in [3.63, 3.8) is 0 Å². The predicted octanol–water partition coefficient (Wildman–Crippen LogP) is 4.47.